The number of likely N-dealkylation sites (tertiary alicyclic amines) is 1. The molecule has 2 fully saturated rings. The summed E-state index contributed by atoms with van der Waals surface area (Å²) in [6.45, 7) is 3.07. The Balaban J connectivity index is 1.37. The molecule has 29 heavy (non-hydrogen) atoms. The molecule has 0 unspecified atom stereocenters. The minimum Gasteiger partial charge on any atom is -0.496 e. The summed E-state index contributed by atoms with van der Waals surface area (Å²) in [6, 6.07) is 4.66. The van der Waals surface area contributed by atoms with Gasteiger partial charge in [0.05, 0.1) is 24.7 Å². The van der Waals surface area contributed by atoms with Crippen molar-refractivity contribution in [2.45, 2.75) is 44.2 Å². The van der Waals surface area contributed by atoms with Crippen LogP contribution in [0.15, 0.2) is 24.5 Å². The van der Waals surface area contributed by atoms with Crippen LogP contribution in [0.4, 0.5) is 4.39 Å². The van der Waals surface area contributed by atoms with Crippen molar-refractivity contribution >= 4 is 5.91 Å². The topological polar surface area (TPSA) is 61.5 Å². The van der Waals surface area contributed by atoms with Crippen LogP contribution in [0, 0.1) is 11.7 Å². The normalized spacial score (nSPS) is 21.2. The number of hydrogen-bond donors (Lipinski definition) is 1. The zero-order chi connectivity index (χ0) is 20.0. The van der Waals surface area contributed by atoms with Crippen LogP contribution in [0.3, 0.4) is 0 Å². The second-order valence-electron chi connectivity index (χ2n) is 8.51. The van der Waals surface area contributed by atoms with Crippen molar-refractivity contribution in [2.24, 2.45) is 5.92 Å². The predicted octanol–water partition coefficient (Wildman–Crippen LogP) is 2.84. The van der Waals surface area contributed by atoms with E-state index >= 15 is 0 Å². The monoisotopic (exact) mass is 398 g/mol. The molecule has 1 saturated carbocycles. The van der Waals surface area contributed by atoms with Crippen LogP contribution in [0.1, 0.15) is 42.6 Å². The molecule has 3 aliphatic rings. The molecule has 2 aliphatic heterocycles. The number of aromatic amines is 1. The molecule has 1 amide bonds. The lowest BCUT2D eigenvalue weighted by atomic mass is 9.78. The Labute approximate surface area is 170 Å². The van der Waals surface area contributed by atoms with E-state index in [9.17, 15) is 9.18 Å². The van der Waals surface area contributed by atoms with E-state index in [1.165, 1.54) is 11.8 Å². The number of carbonyl (C=O) groups is 1. The minimum atomic E-state index is -0.310. The highest BCUT2D eigenvalue weighted by atomic mass is 19.1. The van der Waals surface area contributed by atoms with Crippen molar-refractivity contribution in [3.05, 3.63) is 47.3 Å². The predicted molar refractivity (Wildman–Crippen MR) is 106 cm³/mol. The van der Waals surface area contributed by atoms with Crippen LogP contribution < -0.4 is 4.74 Å². The summed E-state index contributed by atoms with van der Waals surface area (Å²) in [5.41, 5.74) is 2.78. The second kappa shape index (κ2) is 7.13. The van der Waals surface area contributed by atoms with Gasteiger partial charge < -0.3 is 14.6 Å². The van der Waals surface area contributed by atoms with Crippen LogP contribution in [0.25, 0.3) is 0 Å². The summed E-state index contributed by atoms with van der Waals surface area (Å²) in [7, 11) is 1.62. The zero-order valence-electron chi connectivity index (χ0n) is 16.8. The molecule has 0 bridgehead atoms. The molecular weight excluding hydrogens is 371 g/mol. The van der Waals surface area contributed by atoms with Gasteiger partial charge in [-0.1, -0.05) is 0 Å². The third kappa shape index (κ3) is 3.21. The number of H-pyrrole nitrogens is 1. The van der Waals surface area contributed by atoms with Crippen LogP contribution in [0.5, 0.6) is 5.75 Å². The molecule has 6 nitrogen and oxygen atoms in total. The van der Waals surface area contributed by atoms with Gasteiger partial charge in [0.1, 0.15) is 11.6 Å². The number of rotatable bonds is 4. The third-order valence-electron chi connectivity index (χ3n) is 6.77. The number of fused-ring (bicyclic) bond motifs is 2. The summed E-state index contributed by atoms with van der Waals surface area (Å²) < 4.78 is 19.2. The minimum absolute atomic E-state index is 0.210. The van der Waals surface area contributed by atoms with E-state index in [0.29, 0.717) is 18.2 Å². The van der Waals surface area contributed by atoms with Crippen molar-refractivity contribution in [1.82, 2.24) is 19.8 Å². The lowest BCUT2D eigenvalue weighted by Gasteiger charge is -2.50. The fourth-order valence-corrected chi connectivity index (χ4v) is 5.05. The van der Waals surface area contributed by atoms with E-state index in [-0.39, 0.29) is 17.3 Å². The first-order valence-corrected chi connectivity index (χ1v) is 10.5. The van der Waals surface area contributed by atoms with Crippen LogP contribution in [-0.2, 0) is 23.3 Å². The number of nitrogens with zero attached hydrogens (tertiary/aromatic N) is 3. The van der Waals surface area contributed by atoms with E-state index in [0.717, 1.165) is 63.0 Å². The number of nitrogens with one attached hydrogen (secondary N) is 1. The van der Waals surface area contributed by atoms with Gasteiger partial charge in [0.25, 0.3) is 0 Å². The van der Waals surface area contributed by atoms with Gasteiger partial charge >= 0.3 is 0 Å². The maximum Gasteiger partial charge on any atom is 0.226 e. The average molecular weight is 398 g/mol. The van der Waals surface area contributed by atoms with Crippen LogP contribution in [0.2, 0.25) is 0 Å². The van der Waals surface area contributed by atoms with Gasteiger partial charge in [0.15, 0.2) is 0 Å². The molecule has 1 saturated heterocycles. The van der Waals surface area contributed by atoms with Gasteiger partial charge in [-0.05, 0) is 43.9 Å². The quantitative estimate of drug-likeness (QED) is 0.860. The lowest BCUT2D eigenvalue weighted by molar-refractivity contribution is -0.143. The number of methoxy groups -OCH3 is 1. The molecule has 0 radical (unpaired) electrons. The SMILES string of the molecule is COc1ccc(F)cc1CN1CCC2(CC1)c1nc[nH]c1CCN2C(=O)C1CC1. The van der Waals surface area contributed by atoms with Gasteiger partial charge in [-0.3, -0.25) is 9.69 Å². The molecule has 1 aromatic carbocycles. The summed E-state index contributed by atoms with van der Waals surface area (Å²) in [4.78, 5) is 25.5. The summed E-state index contributed by atoms with van der Waals surface area (Å²) in [5.74, 6) is 0.981. The number of aromatic nitrogens is 2. The molecule has 154 valence electrons. The molecule has 7 heteroatoms. The van der Waals surface area contributed by atoms with Crippen molar-refractivity contribution in [3.63, 3.8) is 0 Å². The van der Waals surface area contributed by atoms with E-state index in [4.69, 9.17) is 4.74 Å². The van der Waals surface area contributed by atoms with Crippen molar-refractivity contribution in [1.29, 1.82) is 0 Å². The smallest absolute Gasteiger partial charge is 0.226 e. The molecule has 1 N–H and O–H groups in total. The molecule has 3 heterocycles. The third-order valence-corrected chi connectivity index (χ3v) is 6.77. The number of carbonyl (C=O) groups excluding carboxylic acids is 1. The Hall–Kier alpha value is -2.41. The molecular formula is C22H27FN4O2. The molecule has 0 atom stereocenters. The van der Waals surface area contributed by atoms with Gasteiger partial charge in [0.2, 0.25) is 5.91 Å². The van der Waals surface area contributed by atoms with Gasteiger partial charge in [-0.25, -0.2) is 9.37 Å². The Morgan fingerprint density at radius 1 is 1.31 bits per heavy atom. The molecule has 1 aromatic heterocycles. The first-order chi connectivity index (χ1) is 14.1. The Morgan fingerprint density at radius 2 is 2.10 bits per heavy atom. The second-order valence-corrected chi connectivity index (χ2v) is 8.51. The molecule has 1 aliphatic carbocycles. The fraction of sp³-hybridized carbons (Fsp3) is 0.545. The number of ether oxygens (including phenoxy) is 1. The van der Waals surface area contributed by atoms with E-state index < -0.39 is 0 Å². The highest BCUT2D eigenvalue weighted by Gasteiger charge is 2.50. The Bertz CT molecular complexity index is 915. The number of halogens is 1. The molecule has 1 spiro atoms. The first-order valence-electron chi connectivity index (χ1n) is 10.5. The number of amides is 1. The first kappa shape index (κ1) is 18.6. The van der Waals surface area contributed by atoms with Gasteiger partial charge in [-0.2, -0.15) is 0 Å². The highest BCUT2D eigenvalue weighted by molar-refractivity contribution is 5.82. The van der Waals surface area contributed by atoms with E-state index in [2.05, 4.69) is 19.8 Å². The maximum absolute atomic E-state index is 13.7. The fourth-order valence-electron chi connectivity index (χ4n) is 5.05. The zero-order valence-corrected chi connectivity index (χ0v) is 16.8. The standard InChI is InChI=1S/C22H27FN4O2/c1-29-19-5-4-17(23)12-16(19)13-26-10-7-22(8-11-26)20-18(24-14-25-20)6-9-27(22)21(28)15-2-3-15/h4-5,12,14-15H,2-3,6-11,13H2,1H3,(H,24,25). The summed E-state index contributed by atoms with van der Waals surface area (Å²) in [5, 5.41) is 0. The summed E-state index contributed by atoms with van der Waals surface area (Å²) >= 11 is 0. The van der Waals surface area contributed by atoms with Crippen molar-refractivity contribution < 1.29 is 13.9 Å². The number of imidazole rings is 1. The molecule has 2 aromatic rings. The van der Waals surface area contributed by atoms with Crippen LogP contribution >= 0.6 is 0 Å². The maximum atomic E-state index is 13.7. The number of hydrogen-bond acceptors (Lipinski definition) is 4. The van der Waals surface area contributed by atoms with Crippen molar-refractivity contribution in [3.8, 4) is 5.75 Å². The largest absolute Gasteiger partial charge is 0.496 e. The molecule has 5 rings (SSSR count). The van der Waals surface area contributed by atoms with E-state index in [1.807, 2.05) is 0 Å². The highest BCUT2D eigenvalue weighted by Crippen LogP contribution is 2.45. The van der Waals surface area contributed by atoms with Gasteiger partial charge in [0, 0.05) is 49.8 Å². The summed E-state index contributed by atoms with van der Waals surface area (Å²) in [6.07, 6.45) is 6.35. The average Bonchev–Trinajstić information content (AvgIpc) is 3.47. The Morgan fingerprint density at radius 3 is 2.83 bits per heavy atom. The van der Waals surface area contributed by atoms with E-state index in [1.54, 1.807) is 25.6 Å². The number of piperidine rings is 1. The Kier molecular flexibility index (Phi) is 4.57. The van der Waals surface area contributed by atoms with Crippen molar-refractivity contribution in [2.75, 3.05) is 26.7 Å². The number of benzene rings is 1. The lowest BCUT2D eigenvalue weighted by Crippen LogP contribution is -2.58. The van der Waals surface area contributed by atoms with Crippen LogP contribution in [-0.4, -0.2) is 52.4 Å². The van der Waals surface area contributed by atoms with Gasteiger partial charge in [-0.15, -0.1) is 0 Å².